The third kappa shape index (κ3) is 3.06. The van der Waals surface area contributed by atoms with E-state index in [1.807, 2.05) is 24.3 Å². The first-order chi connectivity index (χ1) is 8.93. The molecule has 102 valence electrons. The van der Waals surface area contributed by atoms with Gasteiger partial charge < -0.3 is 0 Å². The van der Waals surface area contributed by atoms with Crippen LogP contribution in [0, 0.1) is 11.3 Å². The molecule has 0 saturated carbocycles. The van der Waals surface area contributed by atoms with E-state index in [1.54, 1.807) is 10.9 Å². The minimum Gasteiger partial charge on any atom is -0.267 e. The summed E-state index contributed by atoms with van der Waals surface area (Å²) < 4.78 is 1.58. The van der Waals surface area contributed by atoms with Crippen LogP contribution >= 0.6 is 15.9 Å². The summed E-state index contributed by atoms with van der Waals surface area (Å²) in [6.07, 6.45) is 1.77. The summed E-state index contributed by atoms with van der Waals surface area (Å²) in [5, 5.41) is 6.78. The van der Waals surface area contributed by atoms with Crippen molar-refractivity contribution in [2.45, 2.75) is 27.3 Å². The molecule has 0 aliphatic rings. The summed E-state index contributed by atoms with van der Waals surface area (Å²) in [6.45, 7) is 7.19. The molecule has 0 spiro atoms. The van der Waals surface area contributed by atoms with Crippen molar-refractivity contribution < 1.29 is 0 Å². The highest BCUT2D eigenvalue weighted by Crippen LogP contribution is 2.28. The zero-order chi connectivity index (χ0) is 14.0. The van der Waals surface area contributed by atoms with Gasteiger partial charge in [-0.1, -0.05) is 54.9 Å². The van der Waals surface area contributed by atoms with Crippen LogP contribution in [0.25, 0.3) is 10.8 Å². The summed E-state index contributed by atoms with van der Waals surface area (Å²) in [7, 11) is 0. The van der Waals surface area contributed by atoms with E-state index in [0.717, 1.165) is 16.1 Å². The van der Waals surface area contributed by atoms with E-state index in [9.17, 15) is 4.79 Å². The van der Waals surface area contributed by atoms with Crippen molar-refractivity contribution in [3.05, 3.63) is 40.8 Å². The summed E-state index contributed by atoms with van der Waals surface area (Å²) in [5.74, 6) is 0.360. The second-order valence-electron chi connectivity index (χ2n) is 5.94. The van der Waals surface area contributed by atoms with Crippen LogP contribution in [-0.4, -0.2) is 15.1 Å². The molecule has 2 rings (SSSR count). The molecule has 0 saturated heterocycles. The molecule has 0 fully saturated rings. The first-order valence-electron chi connectivity index (χ1n) is 6.44. The molecule has 0 aliphatic carbocycles. The minimum atomic E-state index is -0.00620. The van der Waals surface area contributed by atoms with Gasteiger partial charge >= 0.3 is 0 Å². The highest BCUT2D eigenvalue weighted by Gasteiger charge is 2.24. The van der Waals surface area contributed by atoms with Crippen LogP contribution < -0.4 is 5.56 Å². The Morgan fingerprint density at radius 2 is 2.00 bits per heavy atom. The van der Waals surface area contributed by atoms with Crippen molar-refractivity contribution >= 4 is 26.7 Å². The van der Waals surface area contributed by atoms with Gasteiger partial charge in [0.1, 0.15) is 0 Å². The summed E-state index contributed by atoms with van der Waals surface area (Å²) in [4.78, 5) is 12.4. The molecule has 1 atom stereocenters. The Balaban J connectivity index is 2.41. The summed E-state index contributed by atoms with van der Waals surface area (Å²) in [5.41, 5.74) is 0.129. The lowest BCUT2D eigenvalue weighted by Crippen LogP contribution is -2.33. The molecular weight excluding hydrogens is 304 g/mol. The summed E-state index contributed by atoms with van der Waals surface area (Å²) >= 11 is 3.54. The molecule has 0 amide bonds. The molecule has 2 aromatic rings. The van der Waals surface area contributed by atoms with Crippen LogP contribution in [0.1, 0.15) is 20.8 Å². The van der Waals surface area contributed by atoms with Gasteiger partial charge in [-0.15, -0.1) is 0 Å². The number of alkyl halides is 1. The summed E-state index contributed by atoms with van der Waals surface area (Å²) in [6, 6.07) is 7.58. The van der Waals surface area contributed by atoms with E-state index in [2.05, 4.69) is 41.8 Å². The topological polar surface area (TPSA) is 34.9 Å². The van der Waals surface area contributed by atoms with Crippen LogP contribution in [0.5, 0.6) is 0 Å². The fourth-order valence-electron chi connectivity index (χ4n) is 2.02. The maximum atomic E-state index is 12.4. The molecule has 0 bridgehead atoms. The van der Waals surface area contributed by atoms with Gasteiger partial charge in [0.2, 0.25) is 0 Å². The molecule has 3 nitrogen and oxygen atoms in total. The van der Waals surface area contributed by atoms with Gasteiger partial charge in [-0.3, -0.25) is 4.79 Å². The molecule has 0 radical (unpaired) electrons. The van der Waals surface area contributed by atoms with Crippen molar-refractivity contribution in [1.29, 1.82) is 0 Å². The van der Waals surface area contributed by atoms with Gasteiger partial charge in [0.05, 0.1) is 11.6 Å². The van der Waals surface area contributed by atoms with E-state index in [4.69, 9.17) is 0 Å². The molecule has 0 N–H and O–H groups in total. The maximum absolute atomic E-state index is 12.4. The lowest BCUT2D eigenvalue weighted by Gasteiger charge is -2.29. The van der Waals surface area contributed by atoms with E-state index in [-0.39, 0.29) is 11.0 Å². The normalized spacial score (nSPS) is 13.7. The van der Waals surface area contributed by atoms with Gasteiger partial charge in [0.15, 0.2) is 0 Å². The number of aromatic nitrogens is 2. The fraction of sp³-hybridized carbons (Fsp3) is 0.467. The van der Waals surface area contributed by atoms with Crippen LogP contribution in [0.3, 0.4) is 0 Å². The Morgan fingerprint density at radius 1 is 1.32 bits per heavy atom. The molecule has 4 heteroatoms. The smallest absolute Gasteiger partial charge is 0.267 e. The van der Waals surface area contributed by atoms with Crippen LogP contribution in [0.4, 0.5) is 0 Å². The van der Waals surface area contributed by atoms with E-state index >= 15 is 0 Å². The second kappa shape index (κ2) is 5.45. The van der Waals surface area contributed by atoms with Crippen LogP contribution in [-0.2, 0) is 6.54 Å². The number of rotatable bonds is 3. The SMILES string of the molecule is CC(C)(C)C(CBr)Cn1ncc2ccccc2c1=O. The zero-order valence-corrected chi connectivity index (χ0v) is 13.1. The molecule has 1 unspecified atom stereocenters. The van der Waals surface area contributed by atoms with Gasteiger partial charge in [0, 0.05) is 17.3 Å². The molecule has 1 heterocycles. The number of halogens is 1. The Labute approximate surface area is 121 Å². The monoisotopic (exact) mass is 322 g/mol. The van der Waals surface area contributed by atoms with Gasteiger partial charge in [0.25, 0.3) is 5.56 Å². The van der Waals surface area contributed by atoms with Crippen LogP contribution in [0.2, 0.25) is 0 Å². The predicted molar refractivity (Wildman–Crippen MR) is 82.7 cm³/mol. The molecule has 1 aromatic heterocycles. The van der Waals surface area contributed by atoms with E-state index < -0.39 is 0 Å². The quantitative estimate of drug-likeness (QED) is 0.811. The fourth-order valence-corrected chi connectivity index (χ4v) is 3.20. The van der Waals surface area contributed by atoms with Crippen molar-refractivity contribution in [3.63, 3.8) is 0 Å². The minimum absolute atomic E-state index is 0.00620. The first-order valence-corrected chi connectivity index (χ1v) is 7.56. The number of benzene rings is 1. The van der Waals surface area contributed by atoms with Crippen LogP contribution in [0.15, 0.2) is 35.3 Å². The zero-order valence-electron chi connectivity index (χ0n) is 11.6. The number of fused-ring (bicyclic) bond motifs is 1. The highest BCUT2D eigenvalue weighted by molar-refractivity contribution is 9.09. The maximum Gasteiger partial charge on any atom is 0.274 e. The Hall–Kier alpha value is -1.16. The third-order valence-electron chi connectivity index (χ3n) is 3.57. The molecule has 19 heavy (non-hydrogen) atoms. The highest BCUT2D eigenvalue weighted by atomic mass is 79.9. The van der Waals surface area contributed by atoms with Gasteiger partial charge in [-0.25, -0.2) is 4.68 Å². The lowest BCUT2D eigenvalue weighted by molar-refractivity contribution is 0.229. The average Bonchev–Trinajstić information content (AvgIpc) is 2.37. The first kappa shape index (κ1) is 14.3. The Morgan fingerprint density at radius 3 is 2.63 bits per heavy atom. The standard InChI is InChI=1S/C15H19BrN2O/c1-15(2,3)12(8-16)10-18-14(19)13-7-5-4-6-11(13)9-17-18/h4-7,9,12H,8,10H2,1-3H3. The van der Waals surface area contributed by atoms with Gasteiger partial charge in [-0.2, -0.15) is 5.10 Å². The van der Waals surface area contributed by atoms with Crippen molar-refractivity contribution in [3.8, 4) is 0 Å². The lowest BCUT2D eigenvalue weighted by atomic mass is 9.82. The van der Waals surface area contributed by atoms with E-state index in [0.29, 0.717) is 12.5 Å². The molecule has 0 aliphatic heterocycles. The Kier molecular flexibility index (Phi) is 4.09. The second-order valence-corrected chi connectivity index (χ2v) is 6.58. The number of hydrogen-bond donors (Lipinski definition) is 0. The average molecular weight is 323 g/mol. The number of hydrogen-bond acceptors (Lipinski definition) is 2. The third-order valence-corrected chi connectivity index (χ3v) is 4.35. The van der Waals surface area contributed by atoms with Crippen molar-refractivity contribution in [1.82, 2.24) is 9.78 Å². The largest absolute Gasteiger partial charge is 0.274 e. The predicted octanol–water partition coefficient (Wildman–Crippen LogP) is 3.45. The molecule has 1 aromatic carbocycles. The number of nitrogens with zero attached hydrogens (tertiary/aromatic N) is 2. The molecular formula is C15H19BrN2O. The Bertz CT molecular complexity index is 628. The van der Waals surface area contributed by atoms with Gasteiger partial charge in [-0.05, 0) is 17.4 Å². The van der Waals surface area contributed by atoms with Crippen molar-refractivity contribution in [2.24, 2.45) is 11.3 Å². The van der Waals surface area contributed by atoms with E-state index in [1.165, 1.54) is 0 Å². The van der Waals surface area contributed by atoms with Crippen molar-refractivity contribution in [2.75, 3.05) is 5.33 Å².